The summed E-state index contributed by atoms with van der Waals surface area (Å²) in [4.78, 5) is 0. The second kappa shape index (κ2) is 3.68. The molecule has 0 aromatic rings. The van der Waals surface area contributed by atoms with Crippen LogP contribution in [0.4, 0.5) is 0 Å². The average Bonchev–Trinajstić information content (AvgIpc) is 2.59. The van der Waals surface area contributed by atoms with Gasteiger partial charge in [-0.1, -0.05) is 0 Å². The van der Waals surface area contributed by atoms with Gasteiger partial charge < -0.3 is 5.32 Å². The van der Waals surface area contributed by atoms with E-state index in [1.54, 1.807) is 25.1 Å². The van der Waals surface area contributed by atoms with Crippen LogP contribution in [0.2, 0.25) is 0 Å². The molecule has 5 heteroatoms. The molecule has 2 heterocycles. The van der Waals surface area contributed by atoms with Crippen molar-refractivity contribution in [3.05, 3.63) is 0 Å². The van der Waals surface area contributed by atoms with Crippen molar-refractivity contribution < 1.29 is 8.42 Å². The third-order valence-electron chi connectivity index (χ3n) is 3.76. The third-order valence-corrected chi connectivity index (χ3v) is 6.49. The molecule has 0 amide bonds. The molecule has 2 saturated heterocycles. The van der Waals surface area contributed by atoms with E-state index in [9.17, 15) is 8.42 Å². The van der Waals surface area contributed by atoms with Crippen LogP contribution >= 0.6 is 0 Å². The molecule has 0 saturated carbocycles. The fraction of sp³-hybridized carbons (Fsp3) is 1.00. The zero-order valence-electron chi connectivity index (χ0n) is 10.5. The molecule has 16 heavy (non-hydrogen) atoms. The van der Waals surface area contributed by atoms with E-state index in [4.69, 9.17) is 0 Å². The Kier molecular flexibility index (Phi) is 2.84. The van der Waals surface area contributed by atoms with E-state index in [2.05, 4.69) is 5.32 Å². The first-order valence-electron chi connectivity index (χ1n) is 5.99. The lowest BCUT2D eigenvalue weighted by Gasteiger charge is -2.33. The average molecular weight is 246 g/mol. The maximum atomic E-state index is 12.5. The minimum Gasteiger partial charge on any atom is -0.315 e. The number of hydrogen-bond donors (Lipinski definition) is 1. The lowest BCUT2D eigenvalue weighted by atomic mass is 10.0. The van der Waals surface area contributed by atoms with Crippen LogP contribution < -0.4 is 5.32 Å². The number of nitrogens with one attached hydrogen (secondary N) is 1. The van der Waals surface area contributed by atoms with E-state index in [1.807, 2.05) is 6.92 Å². The molecule has 3 atom stereocenters. The monoisotopic (exact) mass is 246 g/mol. The molecule has 0 aromatic carbocycles. The minimum absolute atomic E-state index is 0.154. The van der Waals surface area contributed by atoms with Crippen LogP contribution in [0.1, 0.15) is 34.1 Å². The maximum Gasteiger partial charge on any atom is 0.219 e. The van der Waals surface area contributed by atoms with Gasteiger partial charge in [0.05, 0.1) is 4.75 Å². The molecular formula is C11H22N2O2S. The number of hydrogen-bond acceptors (Lipinski definition) is 3. The molecule has 0 aromatic heterocycles. The zero-order chi connectivity index (χ0) is 12.1. The maximum absolute atomic E-state index is 12.5. The number of rotatable bonds is 1. The highest BCUT2D eigenvalue weighted by Gasteiger charge is 2.50. The Morgan fingerprint density at radius 3 is 2.44 bits per heavy atom. The lowest BCUT2D eigenvalue weighted by molar-refractivity contribution is 0.325. The normalized spacial score (nSPS) is 36.6. The van der Waals surface area contributed by atoms with E-state index in [-0.39, 0.29) is 12.1 Å². The van der Waals surface area contributed by atoms with E-state index >= 15 is 0 Å². The van der Waals surface area contributed by atoms with Gasteiger partial charge >= 0.3 is 0 Å². The first-order valence-corrected chi connectivity index (χ1v) is 7.43. The predicted molar refractivity (Wildman–Crippen MR) is 64.7 cm³/mol. The van der Waals surface area contributed by atoms with Crippen LogP contribution in [-0.4, -0.2) is 42.6 Å². The van der Waals surface area contributed by atoms with Gasteiger partial charge in [-0.3, -0.25) is 0 Å². The van der Waals surface area contributed by atoms with Crippen LogP contribution in [0, 0.1) is 5.92 Å². The summed E-state index contributed by atoms with van der Waals surface area (Å²) in [5, 5.41) is 3.29. The van der Waals surface area contributed by atoms with Gasteiger partial charge in [0.1, 0.15) is 0 Å². The van der Waals surface area contributed by atoms with Gasteiger partial charge in [0, 0.05) is 18.6 Å². The summed E-state index contributed by atoms with van der Waals surface area (Å²) >= 11 is 0. The van der Waals surface area contributed by atoms with Gasteiger partial charge in [-0.15, -0.1) is 0 Å². The molecule has 2 fully saturated rings. The molecule has 2 aliphatic heterocycles. The summed E-state index contributed by atoms with van der Waals surface area (Å²) in [5.41, 5.74) is 0. The van der Waals surface area contributed by atoms with Gasteiger partial charge in [0.2, 0.25) is 10.0 Å². The van der Waals surface area contributed by atoms with Crippen molar-refractivity contribution in [3.63, 3.8) is 0 Å². The molecule has 3 unspecified atom stereocenters. The second-order valence-corrected chi connectivity index (χ2v) is 8.61. The minimum atomic E-state index is -3.19. The molecule has 1 N–H and O–H groups in total. The van der Waals surface area contributed by atoms with Crippen molar-refractivity contribution >= 4 is 10.0 Å². The van der Waals surface area contributed by atoms with Crippen LogP contribution in [0.15, 0.2) is 0 Å². The molecule has 2 aliphatic rings. The SMILES string of the molecule is CC1CC2CNCC2N1S(=O)(=O)C(C)(C)C. The van der Waals surface area contributed by atoms with E-state index in [0.717, 1.165) is 19.5 Å². The third kappa shape index (κ3) is 1.69. The van der Waals surface area contributed by atoms with Gasteiger partial charge in [-0.25, -0.2) is 8.42 Å². The lowest BCUT2D eigenvalue weighted by Crippen LogP contribution is -2.49. The molecule has 2 rings (SSSR count). The van der Waals surface area contributed by atoms with Crippen molar-refractivity contribution in [2.24, 2.45) is 5.92 Å². The van der Waals surface area contributed by atoms with Gasteiger partial charge in [0.15, 0.2) is 0 Å². The van der Waals surface area contributed by atoms with Crippen LogP contribution in [0.3, 0.4) is 0 Å². The van der Waals surface area contributed by atoms with E-state index in [1.165, 1.54) is 0 Å². The Labute approximate surface area is 98.4 Å². The summed E-state index contributed by atoms with van der Waals surface area (Å²) in [6.07, 6.45) is 0.993. The molecule has 0 aliphatic carbocycles. The predicted octanol–water partition coefficient (Wildman–Crippen LogP) is 0.797. The Morgan fingerprint density at radius 2 is 1.88 bits per heavy atom. The fourth-order valence-electron chi connectivity index (χ4n) is 2.86. The number of sulfonamides is 1. The largest absolute Gasteiger partial charge is 0.315 e. The van der Waals surface area contributed by atoms with Gasteiger partial charge in [-0.05, 0) is 46.6 Å². The van der Waals surface area contributed by atoms with Crippen LogP contribution in [0.25, 0.3) is 0 Å². The van der Waals surface area contributed by atoms with Crippen molar-refractivity contribution in [2.45, 2.75) is 50.9 Å². The Bertz CT molecular complexity index is 372. The smallest absolute Gasteiger partial charge is 0.219 e. The highest BCUT2D eigenvalue weighted by atomic mass is 32.2. The molecule has 0 bridgehead atoms. The summed E-state index contributed by atoms with van der Waals surface area (Å²) < 4.78 is 26.1. The fourth-order valence-corrected chi connectivity index (χ4v) is 4.65. The van der Waals surface area contributed by atoms with Crippen molar-refractivity contribution in [2.75, 3.05) is 13.1 Å². The van der Waals surface area contributed by atoms with Gasteiger partial charge in [-0.2, -0.15) is 4.31 Å². The highest BCUT2D eigenvalue weighted by Crippen LogP contribution is 2.37. The first kappa shape index (κ1) is 12.3. The van der Waals surface area contributed by atoms with Gasteiger partial charge in [0.25, 0.3) is 0 Å². The Balaban J connectivity index is 2.33. The van der Waals surface area contributed by atoms with Crippen molar-refractivity contribution in [1.82, 2.24) is 9.62 Å². The van der Waals surface area contributed by atoms with Crippen molar-refractivity contribution in [3.8, 4) is 0 Å². The first-order chi connectivity index (χ1) is 7.25. The Morgan fingerprint density at radius 1 is 1.25 bits per heavy atom. The van der Waals surface area contributed by atoms with E-state index < -0.39 is 14.8 Å². The standard InChI is InChI=1S/C11H22N2O2S/c1-8-5-9-6-12-7-10(9)13(8)16(14,15)11(2,3)4/h8-10,12H,5-7H2,1-4H3. The topological polar surface area (TPSA) is 49.4 Å². The molecule has 0 radical (unpaired) electrons. The van der Waals surface area contributed by atoms with Crippen LogP contribution in [-0.2, 0) is 10.0 Å². The number of fused-ring (bicyclic) bond motifs is 1. The summed E-state index contributed by atoms with van der Waals surface area (Å²) in [7, 11) is -3.19. The Hall–Kier alpha value is -0.130. The highest BCUT2D eigenvalue weighted by molar-refractivity contribution is 7.90. The van der Waals surface area contributed by atoms with Crippen molar-refractivity contribution in [1.29, 1.82) is 0 Å². The summed E-state index contributed by atoms with van der Waals surface area (Å²) in [6.45, 7) is 9.15. The van der Waals surface area contributed by atoms with E-state index in [0.29, 0.717) is 5.92 Å². The molecule has 0 spiro atoms. The molecule has 4 nitrogen and oxygen atoms in total. The summed E-state index contributed by atoms with van der Waals surface area (Å²) in [5.74, 6) is 0.507. The molecular weight excluding hydrogens is 224 g/mol. The quantitative estimate of drug-likeness (QED) is 0.744. The second-order valence-electron chi connectivity index (χ2n) is 6.02. The summed E-state index contributed by atoms with van der Waals surface area (Å²) in [6, 6.07) is 0.334. The zero-order valence-corrected chi connectivity index (χ0v) is 11.3. The molecule has 94 valence electrons. The number of nitrogens with zero attached hydrogens (tertiary/aromatic N) is 1. The van der Waals surface area contributed by atoms with Crippen LogP contribution in [0.5, 0.6) is 0 Å².